The Bertz CT molecular complexity index is 1740. The molecule has 1 saturated heterocycles. The molecule has 43 heavy (non-hydrogen) atoms. The average Bonchev–Trinajstić information content (AvgIpc) is 3.03. The number of carbonyl (C=O) groups is 2. The number of benzene rings is 4. The molecule has 10 heteroatoms. The van der Waals surface area contributed by atoms with Crippen LogP contribution in [0.3, 0.4) is 0 Å². The van der Waals surface area contributed by atoms with Crippen LogP contribution in [0, 0.1) is 11.3 Å². The molecule has 4 N–H and O–H groups in total. The molecule has 2 atom stereocenters. The second-order valence-electron chi connectivity index (χ2n) is 10.7. The molecule has 1 heterocycles. The number of nitrogens with one attached hydrogen (secondary N) is 2. The molecule has 222 valence electrons. The quantitative estimate of drug-likeness (QED) is 0.143. The maximum atomic E-state index is 14.0. The second kappa shape index (κ2) is 13.2. The van der Waals surface area contributed by atoms with Gasteiger partial charge in [0, 0.05) is 18.7 Å². The van der Waals surface area contributed by atoms with Crippen LogP contribution >= 0.6 is 0 Å². The highest BCUT2D eigenvalue weighted by Crippen LogP contribution is 2.23. The molecule has 1 aliphatic rings. The molecule has 1 amide bonds. The molecule has 2 unspecified atom stereocenters. The molecular weight excluding hydrogens is 564 g/mol. The molecule has 4 aromatic rings. The third-order valence-electron chi connectivity index (χ3n) is 7.59. The van der Waals surface area contributed by atoms with Crippen molar-refractivity contribution >= 4 is 38.5 Å². The average molecular weight is 599 g/mol. The third kappa shape index (κ3) is 7.46. The summed E-state index contributed by atoms with van der Waals surface area (Å²) < 4.78 is 35.4. The Morgan fingerprint density at radius 3 is 2.42 bits per heavy atom. The summed E-state index contributed by atoms with van der Waals surface area (Å²) in [7, 11) is -4.11. The first-order chi connectivity index (χ1) is 20.7. The number of nitrogen functional groups attached to an aromatic ring is 1. The van der Waals surface area contributed by atoms with E-state index in [9.17, 15) is 18.0 Å². The number of amides is 1. The van der Waals surface area contributed by atoms with E-state index < -0.39 is 27.9 Å². The molecule has 0 radical (unpaired) electrons. The Labute approximate surface area is 251 Å². The first-order valence-electron chi connectivity index (χ1n) is 14.1. The van der Waals surface area contributed by atoms with Gasteiger partial charge in [0.1, 0.15) is 18.5 Å². The van der Waals surface area contributed by atoms with Gasteiger partial charge < -0.3 is 15.4 Å². The number of hydrogen-bond donors (Lipinski definition) is 3. The van der Waals surface area contributed by atoms with Crippen LogP contribution in [0.1, 0.15) is 29.5 Å². The van der Waals surface area contributed by atoms with Gasteiger partial charge in [0.2, 0.25) is 15.9 Å². The number of ether oxygens (including phenoxy) is 1. The van der Waals surface area contributed by atoms with Gasteiger partial charge in [0.15, 0.2) is 0 Å². The van der Waals surface area contributed by atoms with E-state index >= 15 is 0 Å². The second-order valence-corrected chi connectivity index (χ2v) is 12.4. The van der Waals surface area contributed by atoms with E-state index in [2.05, 4.69) is 4.72 Å². The Kier molecular flexibility index (Phi) is 9.18. The predicted molar refractivity (Wildman–Crippen MR) is 165 cm³/mol. The van der Waals surface area contributed by atoms with Crippen molar-refractivity contribution in [2.75, 3.05) is 13.1 Å². The minimum absolute atomic E-state index is 0.0341. The molecule has 0 spiro atoms. The van der Waals surface area contributed by atoms with Crippen molar-refractivity contribution in [2.45, 2.75) is 36.8 Å². The van der Waals surface area contributed by atoms with Gasteiger partial charge in [-0.1, -0.05) is 78.9 Å². The highest BCUT2D eigenvalue weighted by Gasteiger charge is 2.35. The van der Waals surface area contributed by atoms with Gasteiger partial charge in [-0.25, -0.2) is 8.42 Å². The van der Waals surface area contributed by atoms with Crippen molar-refractivity contribution in [1.29, 1.82) is 5.41 Å². The van der Waals surface area contributed by atoms with Crippen molar-refractivity contribution in [3.05, 3.63) is 114 Å². The van der Waals surface area contributed by atoms with Crippen LogP contribution < -0.4 is 10.5 Å². The molecule has 0 aliphatic carbocycles. The number of fused-ring (bicyclic) bond motifs is 1. The fourth-order valence-corrected chi connectivity index (χ4v) is 6.53. The predicted octanol–water partition coefficient (Wildman–Crippen LogP) is 4.00. The summed E-state index contributed by atoms with van der Waals surface area (Å²) in [6, 6.07) is 27.3. The zero-order valence-corrected chi connectivity index (χ0v) is 24.4. The lowest BCUT2D eigenvalue weighted by Crippen LogP contribution is -2.53. The third-order valence-corrected chi connectivity index (χ3v) is 9.06. The fourth-order valence-electron chi connectivity index (χ4n) is 5.31. The highest BCUT2D eigenvalue weighted by atomic mass is 32.2. The molecule has 0 aromatic heterocycles. The standard InChI is InChI=1S/C33H34N4O5S/c34-31(35)27-13-6-10-24(18-27)19-30(36-43(40,41)29-16-15-25-11-4-5-12-26(25)20-29)32(38)37-17-7-14-28(21-37)33(39)42-22-23-8-2-1-3-9-23/h1-6,8-13,15-16,18,20,28,30,36H,7,14,17,19,21-22H2,(H3,34,35). The van der Waals surface area contributed by atoms with Gasteiger partial charge in [0.25, 0.3) is 0 Å². The van der Waals surface area contributed by atoms with Crippen molar-refractivity contribution in [3.8, 4) is 0 Å². The molecule has 4 aromatic carbocycles. The molecule has 9 nitrogen and oxygen atoms in total. The Hall–Kier alpha value is -4.54. The summed E-state index contributed by atoms with van der Waals surface area (Å²) in [6.07, 6.45) is 1.19. The monoisotopic (exact) mass is 598 g/mol. The fraction of sp³-hybridized carbons (Fsp3) is 0.242. The Morgan fingerprint density at radius 2 is 1.65 bits per heavy atom. The zero-order valence-electron chi connectivity index (χ0n) is 23.6. The smallest absolute Gasteiger partial charge is 0.311 e. The van der Waals surface area contributed by atoms with Crippen molar-refractivity contribution in [3.63, 3.8) is 0 Å². The summed E-state index contributed by atoms with van der Waals surface area (Å²) in [5.41, 5.74) is 7.66. The van der Waals surface area contributed by atoms with Crippen LogP contribution in [-0.2, 0) is 37.4 Å². The maximum absolute atomic E-state index is 14.0. The Balaban J connectivity index is 1.37. The van der Waals surface area contributed by atoms with Crippen molar-refractivity contribution in [1.82, 2.24) is 9.62 Å². The van der Waals surface area contributed by atoms with Gasteiger partial charge in [0.05, 0.1) is 10.8 Å². The van der Waals surface area contributed by atoms with Crippen LogP contribution in [0.15, 0.2) is 102 Å². The van der Waals surface area contributed by atoms with E-state index in [0.717, 1.165) is 16.3 Å². The highest BCUT2D eigenvalue weighted by molar-refractivity contribution is 7.89. The van der Waals surface area contributed by atoms with Crippen molar-refractivity contribution in [2.24, 2.45) is 11.7 Å². The molecule has 1 fully saturated rings. The SMILES string of the molecule is N=C(N)c1cccc(CC(NS(=O)(=O)c2ccc3ccccc3c2)C(=O)N2CCCC(C(=O)OCc3ccccc3)C2)c1. The van der Waals surface area contributed by atoms with Crippen molar-refractivity contribution < 1.29 is 22.7 Å². The van der Waals surface area contributed by atoms with Gasteiger partial charge in [-0.2, -0.15) is 4.72 Å². The van der Waals surface area contributed by atoms with Crippen LogP contribution in [0.2, 0.25) is 0 Å². The van der Waals surface area contributed by atoms with Crippen LogP contribution in [0.4, 0.5) is 0 Å². The largest absolute Gasteiger partial charge is 0.461 e. The lowest BCUT2D eigenvalue weighted by molar-refractivity contribution is -0.153. The van der Waals surface area contributed by atoms with Gasteiger partial charge in [-0.3, -0.25) is 15.0 Å². The number of hydrogen-bond acceptors (Lipinski definition) is 6. The lowest BCUT2D eigenvalue weighted by Gasteiger charge is -2.34. The molecular formula is C33H34N4O5S. The number of nitrogens with zero attached hydrogens (tertiary/aromatic N) is 1. The number of likely N-dealkylation sites (tertiary alicyclic amines) is 1. The van der Waals surface area contributed by atoms with Crippen LogP contribution in [0.25, 0.3) is 10.8 Å². The molecule has 5 rings (SSSR count). The van der Waals surface area contributed by atoms with Crippen LogP contribution in [-0.4, -0.2) is 50.2 Å². The minimum atomic E-state index is -4.11. The number of rotatable bonds is 10. The summed E-state index contributed by atoms with van der Waals surface area (Å²) >= 11 is 0. The van der Waals surface area contributed by atoms with E-state index in [1.165, 1.54) is 6.07 Å². The van der Waals surface area contributed by atoms with E-state index in [-0.39, 0.29) is 36.3 Å². The van der Waals surface area contributed by atoms with E-state index in [1.807, 2.05) is 54.6 Å². The number of sulfonamides is 1. The number of carbonyl (C=O) groups excluding carboxylic acids is 2. The summed E-state index contributed by atoms with van der Waals surface area (Å²) in [4.78, 5) is 28.5. The molecule has 0 bridgehead atoms. The number of piperidine rings is 1. The van der Waals surface area contributed by atoms with E-state index in [0.29, 0.717) is 30.5 Å². The van der Waals surface area contributed by atoms with Gasteiger partial charge in [-0.05, 0) is 59.4 Å². The first-order valence-corrected chi connectivity index (χ1v) is 15.6. The first kappa shape index (κ1) is 29.9. The summed E-state index contributed by atoms with van der Waals surface area (Å²) in [5, 5.41) is 9.44. The number of amidine groups is 1. The summed E-state index contributed by atoms with van der Waals surface area (Å²) in [6.45, 7) is 0.669. The number of esters is 1. The van der Waals surface area contributed by atoms with Crippen LogP contribution in [0.5, 0.6) is 0 Å². The minimum Gasteiger partial charge on any atom is -0.461 e. The Morgan fingerprint density at radius 1 is 0.930 bits per heavy atom. The molecule has 1 aliphatic heterocycles. The topological polar surface area (TPSA) is 143 Å². The maximum Gasteiger partial charge on any atom is 0.311 e. The summed E-state index contributed by atoms with van der Waals surface area (Å²) in [5.74, 6) is -1.46. The van der Waals surface area contributed by atoms with Gasteiger partial charge in [-0.15, -0.1) is 0 Å². The lowest BCUT2D eigenvalue weighted by atomic mass is 9.96. The van der Waals surface area contributed by atoms with E-state index in [4.69, 9.17) is 15.9 Å². The van der Waals surface area contributed by atoms with E-state index in [1.54, 1.807) is 41.3 Å². The molecule has 0 saturated carbocycles. The number of nitrogens with two attached hydrogens (primary N) is 1. The zero-order chi connectivity index (χ0) is 30.4. The normalized spacial score (nSPS) is 16.0. The van der Waals surface area contributed by atoms with Gasteiger partial charge >= 0.3 is 5.97 Å².